The number of thioether (sulfide) groups is 2. The van der Waals surface area contributed by atoms with Gasteiger partial charge in [0.25, 0.3) is 5.89 Å². The SMILES string of the molecule is OC1(c2nc(C3CSCCS3)no2)CCNCC1. The molecule has 0 bridgehead atoms. The summed E-state index contributed by atoms with van der Waals surface area (Å²) in [5.74, 6) is 4.50. The average Bonchev–Trinajstić information content (AvgIpc) is 2.91. The van der Waals surface area contributed by atoms with Gasteiger partial charge in [0.15, 0.2) is 5.82 Å². The lowest BCUT2D eigenvalue weighted by Crippen LogP contribution is -2.40. The summed E-state index contributed by atoms with van der Waals surface area (Å²) in [5.41, 5.74) is -0.928. The van der Waals surface area contributed by atoms with Gasteiger partial charge in [-0.05, 0) is 25.9 Å². The third kappa shape index (κ3) is 2.54. The third-order valence-electron chi connectivity index (χ3n) is 3.37. The van der Waals surface area contributed by atoms with Crippen molar-refractivity contribution in [1.29, 1.82) is 0 Å². The quantitative estimate of drug-likeness (QED) is 0.845. The van der Waals surface area contributed by atoms with Gasteiger partial charge in [0, 0.05) is 17.3 Å². The molecule has 1 atom stereocenters. The number of nitrogens with one attached hydrogen (secondary N) is 1. The Labute approximate surface area is 114 Å². The highest BCUT2D eigenvalue weighted by Crippen LogP contribution is 2.37. The molecule has 2 aliphatic heterocycles. The van der Waals surface area contributed by atoms with Gasteiger partial charge >= 0.3 is 0 Å². The van der Waals surface area contributed by atoms with E-state index in [1.165, 1.54) is 5.75 Å². The van der Waals surface area contributed by atoms with Crippen LogP contribution >= 0.6 is 23.5 Å². The Kier molecular flexibility index (Phi) is 3.83. The number of aliphatic hydroxyl groups is 1. The van der Waals surface area contributed by atoms with Gasteiger partial charge in [0.05, 0.1) is 5.25 Å². The molecule has 0 radical (unpaired) electrons. The van der Waals surface area contributed by atoms with E-state index in [4.69, 9.17) is 4.52 Å². The summed E-state index contributed by atoms with van der Waals surface area (Å²) in [6.07, 6.45) is 1.28. The van der Waals surface area contributed by atoms with Gasteiger partial charge in [-0.3, -0.25) is 0 Å². The van der Waals surface area contributed by atoms with E-state index in [1.807, 2.05) is 23.5 Å². The lowest BCUT2D eigenvalue weighted by Gasteiger charge is -2.28. The Balaban J connectivity index is 1.75. The molecule has 0 aliphatic carbocycles. The summed E-state index contributed by atoms with van der Waals surface area (Å²) in [6, 6.07) is 0. The zero-order valence-electron chi connectivity index (χ0n) is 10.1. The molecule has 2 N–H and O–H groups in total. The van der Waals surface area contributed by atoms with Crippen molar-refractivity contribution in [2.24, 2.45) is 0 Å². The first-order valence-corrected chi connectivity index (χ1v) is 8.45. The summed E-state index contributed by atoms with van der Waals surface area (Å²) >= 11 is 3.80. The van der Waals surface area contributed by atoms with E-state index in [-0.39, 0.29) is 0 Å². The van der Waals surface area contributed by atoms with Crippen LogP contribution in [0.1, 0.15) is 29.8 Å². The molecule has 1 aromatic rings. The second-order valence-corrected chi connectivity index (χ2v) is 7.13. The van der Waals surface area contributed by atoms with Crippen LogP contribution in [0.3, 0.4) is 0 Å². The van der Waals surface area contributed by atoms with Gasteiger partial charge in [-0.1, -0.05) is 5.16 Å². The molecule has 3 heterocycles. The Morgan fingerprint density at radius 2 is 2.17 bits per heavy atom. The minimum absolute atomic E-state index is 0.312. The number of piperidine rings is 1. The minimum Gasteiger partial charge on any atom is -0.380 e. The third-order valence-corrected chi connectivity index (χ3v) is 6.13. The van der Waals surface area contributed by atoms with Crippen LogP contribution in [0.25, 0.3) is 0 Å². The molecule has 2 fully saturated rings. The van der Waals surface area contributed by atoms with E-state index in [1.54, 1.807) is 0 Å². The van der Waals surface area contributed by atoms with Gasteiger partial charge in [-0.15, -0.1) is 11.8 Å². The van der Waals surface area contributed by atoms with Crippen LogP contribution in [0.2, 0.25) is 0 Å². The number of nitrogens with zero attached hydrogens (tertiary/aromatic N) is 2. The van der Waals surface area contributed by atoms with Crippen molar-refractivity contribution in [2.75, 3.05) is 30.3 Å². The van der Waals surface area contributed by atoms with Crippen molar-refractivity contribution in [2.45, 2.75) is 23.7 Å². The number of hydrogen-bond donors (Lipinski definition) is 2. The molecule has 1 aromatic heterocycles. The van der Waals surface area contributed by atoms with Crippen LogP contribution in [0.5, 0.6) is 0 Å². The zero-order valence-corrected chi connectivity index (χ0v) is 11.7. The maximum Gasteiger partial charge on any atom is 0.258 e. The second-order valence-electron chi connectivity index (χ2n) is 4.67. The maximum atomic E-state index is 10.5. The predicted molar refractivity (Wildman–Crippen MR) is 72.8 cm³/mol. The molecule has 18 heavy (non-hydrogen) atoms. The van der Waals surface area contributed by atoms with Crippen LogP contribution in [-0.2, 0) is 5.60 Å². The fourth-order valence-corrected chi connectivity index (χ4v) is 4.83. The van der Waals surface area contributed by atoms with Crippen LogP contribution in [0.15, 0.2) is 4.52 Å². The van der Waals surface area contributed by atoms with E-state index >= 15 is 0 Å². The molecule has 0 amide bonds. The van der Waals surface area contributed by atoms with Crippen molar-refractivity contribution in [3.63, 3.8) is 0 Å². The fourth-order valence-electron chi connectivity index (χ4n) is 2.25. The van der Waals surface area contributed by atoms with E-state index < -0.39 is 5.60 Å². The predicted octanol–water partition coefficient (Wildman–Crippen LogP) is 1.16. The van der Waals surface area contributed by atoms with Gasteiger partial charge in [-0.25, -0.2) is 0 Å². The molecular weight excluding hydrogens is 270 g/mol. The van der Waals surface area contributed by atoms with Crippen LogP contribution in [0, 0.1) is 0 Å². The van der Waals surface area contributed by atoms with Crippen molar-refractivity contribution in [1.82, 2.24) is 15.5 Å². The molecule has 0 spiro atoms. The van der Waals surface area contributed by atoms with Crippen LogP contribution in [-0.4, -0.2) is 45.6 Å². The van der Waals surface area contributed by atoms with Crippen LogP contribution < -0.4 is 5.32 Å². The highest BCUT2D eigenvalue weighted by atomic mass is 32.2. The van der Waals surface area contributed by atoms with Gasteiger partial charge in [0.2, 0.25) is 0 Å². The zero-order chi connectivity index (χ0) is 12.4. The molecule has 0 saturated carbocycles. The average molecular weight is 287 g/mol. The van der Waals surface area contributed by atoms with E-state index in [9.17, 15) is 5.11 Å². The Hall–Kier alpha value is -0.240. The van der Waals surface area contributed by atoms with Crippen molar-refractivity contribution in [3.05, 3.63) is 11.7 Å². The Morgan fingerprint density at radius 1 is 1.33 bits per heavy atom. The lowest BCUT2D eigenvalue weighted by molar-refractivity contribution is -0.0228. The molecule has 3 rings (SSSR count). The molecule has 7 heteroatoms. The molecule has 100 valence electrons. The molecular formula is C11H17N3O2S2. The molecule has 2 saturated heterocycles. The number of aromatic nitrogens is 2. The maximum absolute atomic E-state index is 10.5. The first-order chi connectivity index (χ1) is 8.78. The van der Waals surface area contributed by atoms with Crippen molar-refractivity contribution < 1.29 is 9.63 Å². The summed E-state index contributed by atoms with van der Waals surface area (Å²) < 4.78 is 5.30. The lowest BCUT2D eigenvalue weighted by atomic mass is 9.92. The standard InChI is InChI=1S/C11H17N3O2S2/c15-11(1-3-12-4-2-11)10-13-9(14-16-10)8-7-17-5-6-18-8/h8,12,15H,1-7H2. The normalized spacial score (nSPS) is 28.2. The molecule has 2 aliphatic rings. The van der Waals surface area contributed by atoms with Gasteiger partial charge in [0.1, 0.15) is 5.60 Å². The summed E-state index contributed by atoms with van der Waals surface area (Å²) in [4.78, 5) is 4.44. The first-order valence-electron chi connectivity index (χ1n) is 6.24. The second kappa shape index (κ2) is 5.40. The topological polar surface area (TPSA) is 71.2 Å². The molecule has 0 aromatic carbocycles. The van der Waals surface area contributed by atoms with E-state index in [2.05, 4.69) is 15.5 Å². The largest absolute Gasteiger partial charge is 0.380 e. The van der Waals surface area contributed by atoms with Gasteiger partial charge in [-0.2, -0.15) is 16.7 Å². The smallest absolute Gasteiger partial charge is 0.258 e. The number of hydrogen-bond acceptors (Lipinski definition) is 7. The minimum atomic E-state index is -0.928. The summed E-state index contributed by atoms with van der Waals surface area (Å²) in [6.45, 7) is 1.59. The monoisotopic (exact) mass is 287 g/mol. The fraction of sp³-hybridized carbons (Fsp3) is 0.818. The Bertz CT molecular complexity index is 401. The summed E-state index contributed by atoms with van der Waals surface area (Å²) in [5, 5.41) is 18.1. The molecule has 1 unspecified atom stereocenters. The highest BCUT2D eigenvalue weighted by Gasteiger charge is 2.37. The summed E-state index contributed by atoms with van der Waals surface area (Å²) in [7, 11) is 0. The Morgan fingerprint density at radius 3 is 2.89 bits per heavy atom. The molecule has 5 nitrogen and oxygen atoms in total. The van der Waals surface area contributed by atoms with Gasteiger partial charge < -0.3 is 14.9 Å². The van der Waals surface area contributed by atoms with Crippen molar-refractivity contribution >= 4 is 23.5 Å². The first kappa shape index (κ1) is 12.8. The number of rotatable bonds is 2. The highest BCUT2D eigenvalue weighted by molar-refractivity contribution is 8.06. The van der Waals surface area contributed by atoms with Crippen molar-refractivity contribution in [3.8, 4) is 0 Å². The van der Waals surface area contributed by atoms with E-state index in [0.717, 1.165) is 30.4 Å². The van der Waals surface area contributed by atoms with Crippen LogP contribution in [0.4, 0.5) is 0 Å². The van der Waals surface area contributed by atoms with E-state index in [0.29, 0.717) is 24.0 Å².